The van der Waals surface area contributed by atoms with E-state index in [4.69, 9.17) is 37.2 Å². The highest BCUT2D eigenvalue weighted by Crippen LogP contribution is 2.44. The zero-order chi connectivity index (χ0) is 26.6. The molecule has 1 unspecified atom stereocenters. The van der Waals surface area contributed by atoms with Crippen molar-refractivity contribution in [1.82, 2.24) is 10.6 Å². The lowest BCUT2D eigenvalue weighted by molar-refractivity contribution is -0.120. The van der Waals surface area contributed by atoms with Gasteiger partial charge in [-0.25, -0.2) is 0 Å². The number of benzene rings is 1. The van der Waals surface area contributed by atoms with Crippen molar-refractivity contribution >= 4 is 42.1 Å². The second kappa shape index (κ2) is 11.8. The van der Waals surface area contributed by atoms with Crippen LogP contribution in [0.2, 0.25) is 10.0 Å². The molecule has 0 bridgehead atoms. The van der Waals surface area contributed by atoms with Gasteiger partial charge >= 0.3 is 7.12 Å². The predicted molar refractivity (Wildman–Crippen MR) is 141 cm³/mol. The van der Waals surface area contributed by atoms with E-state index in [9.17, 15) is 9.59 Å². The molecule has 1 aliphatic rings. The maximum absolute atomic E-state index is 12.8. The lowest BCUT2D eigenvalue weighted by Gasteiger charge is -2.41. The first-order valence-corrected chi connectivity index (χ1v) is 12.9. The Bertz CT molecular complexity index is 912. The first-order chi connectivity index (χ1) is 16.1. The molecule has 2 amide bonds. The number of nitrogens with one attached hydrogen (secondary N) is 2. The largest absolute Gasteiger partial charge is 0.481 e. The molecule has 1 aromatic carbocycles. The molecule has 1 fully saturated rings. The third-order valence-corrected chi connectivity index (χ3v) is 6.91. The van der Waals surface area contributed by atoms with Crippen LogP contribution >= 0.6 is 23.2 Å². The van der Waals surface area contributed by atoms with Crippen molar-refractivity contribution in [3.8, 4) is 0 Å². The Morgan fingerprint density at radius 1 is 1.17 bits per heavy atom. The van der Waals surface area contributed by atoms with Crippen LogP contribution in [0.25, 0.3) is 0 Å². The maximum Gasteiger partial charge on any atom is 0.481 e. The van der Waals surface area contributed by atoms with Gasteiger partial charge in [0.2, 0.25) is 5.91 Å². The van der Waals surface area contributed by atoms with E-state index in [1.807, 2.05) is 41.5 Å². The van der Waals surface area contributed by atoms with Crippen LogP contribution in [0.4, 0.5) is 0 Å². The molecule has 0 saturated carbocycles. The van der Waals surface area contributed by atoms with Gasteiger partial charge in [-0.05, 0) is 72.1 Å². The topological polar surface area (TPSA) is 85.9 Å². The van der Waals surface area contributed by atoms with Crippen LogP contribution in [0.3, 0.4) is 0 Å². The molecule has 35 heavy (non-hydrogen) atoms. The number of carbonyl (C=O) groups excluding carboxylic acids is 2. The minimum atomic E-state index is -0.642. The summed E-state index contributed by atoms with van der Waals surface area (Å²) in [6, 6.07) is 4.60. The fourth-order valence-corrected chi connectivity index (χ4v) is 4.82. The van der Waals surface area contributed by atoms with Crippen LogP contribution < -0.4 is 10.6 Å². The van der Waals surface area contributed by atoms with Crippen LogP contribution in [-0.2, 0) is 18.8 Å². The Balaban J connectivity index is 2.09. The molecule has 2 rings (SSSR count). The molecule has 7 nitrogen and oxygen atoms in total. The van der Waals surface area contributed by atoms with E-state index in [1.54, 1.807) is 6.07 Å². The second-order valence-corrected chi connectivity index (χ2v) is 11.7. The van der Waals surface area contributed by atoms with Crippen molar-refractivity contribution in [3.05, 3.63) is 33.8 Å². The minimum absolute atomic E-state index is 0.211. The quantitative estimate of drug-likeness (QED) is 0.391. The summed E-state index contributed by atoms with van der Waals surface area (Å²) in [5, 5.41) is 6.24. The molecule has 196 valence electrons. The van der Waals surface area contributed by atoms with E-state index in [0.717, 1.165) is 0 Å². The fourth-order valence-electron chi connectivity index (χ4n) is 4.44. The SMILES string of the molecule is CCOC(C)(C)CC1(C)OB([C@H](CC(C)C)NC(=O)CNC(=O)c2cc(Cl)ccc2Cl)OC1(C)C. The number of rotatable bonds is 11. The Morgan fingerprint density at radius 3 is 2.43 bits per heavy atom. The van der Waals surface area contributed by atoms with Crippen LogP contribution in [0.5, 0.6) is 0 Å². The number of carbonyl (C=O) groups is 2. The van der Waals surface area contributed by atoms with E-state index < -0.39 is 35.8 Å². The molecule has 1 aliphatic heterocycles. The molecular weight excluding hydrogens is 490 g/mol. The average Bonchev–Trinajstić information content (AvgIpc) is 2.95. The molecule has 0 radical (unpaired) electrons. The highest BCUT2D eigenvalue weighted by molar-refractivity contribution is 6.48. The monoisotopic (exact) mass is 528 g/mol. The summed E-state index contributed by atoms with van der Waals surface area (Å²) in [6.07, 6.45) is 1.27. The molecule has 0 aliphatic carbocycles. The van der Waals surface area contributed by atoms with Crippen molar-refractivity contribution in [1.29, 1.82) is 0 Å². The Kier molecular flexibility index (Phi) is 10.1. The predicted octanol–water partition coefficient (Wildman–Crippen LogP) is 5.07. The van der Waals surface area contributed by atoms with Crippen LogP contribution in [-0.4, -0.2) is 54.8 Å². The highest BCUT2D eigenvalue weighted by atomic mass is 35.5. The summed E-state index contributed by atoms with van der Waals surface area (Å²) < 4.78 is 18.8. The summed E-state index contributed by atoms with van der Waals surface area (Å²) in [5.41, 5.74) is -1.43. The normalized spacial score (nSPS) is 20.7. The summed E-state index contributed by atoms with van der Waals surface area (Å²) >= 11 is 12.1. The third kappa shape index (κ3) is 8.09. The third-order valence-electron chi connectivity index (χ3n) is 6.34. The number of amides is 2. The lowest BCUT2D eigenvalue weighted by Crippen LogP contribution is -2.51. The first kappa shape index (κ1) is 29.9. The molecule has 10 heteroatoms. The molecule has 1 aromatic rings. The molecule has 1 saturated heterocycles. The van der Waals surface area contributed by atoms with Crippen LogP contribution in [0.1, 0.15) is 78.6 Å². The van der Waals surface area contributed by atoms with E-state index in [0.29, 0.717) is 24.5 Å². The molecule has 1 heterocycles. The molecule has 0 spiro atoms. The fraction of sp³-hybridized carbons (Fsp3) is 0.680. The second-order valence-electron chi connectivity index (χ2n) is 10.8. The van der Waals surface area contributed by atoms with Gasteiger partial charge in [0.05, 0.1) is 39.9 Å². The van der Waals surface area contributed by atoms with E-state index in [2.05, 4.69) is 24.5 Å². The van der Waals surface area contributed by atoms with E-state index in [-0.39, 0.29) is 29.0 Å². The van der Waals surface area contributed by atoms with Crippen molar-refractivity contribution < 1.29 is 23.6 Å². The Morgan fingerprint density at radius 2 is 1.83 bits per heavy atom. The van der Waals surface area contributed by atoms with E-state index >= 15 is 0 Å². The van der Waals surface area contributed by atoms with Gasteiger partial charge in [0.1, 0.15) is 0 Å². The summed E-state index contributed by atoms with van der Waals surface area (Å²) in [4.78, 5) is 25.3. The van der Waals surface area contributed by atoms with Gasteiger partial charge in [0.25, 0.3) is 5.91 Å². The van der Waals surface area contributed by atoms with Gasteiger partial charge in [0.15, 0.2) is 0 Å². The zero-order valence-corrected chi connectivity index (χ0v) is 23.6. The van der Waals surface area contributed by atoms with E-state index in [1.165, 1.54) is 12.1 Å². The van der Waals surface area contributed by atoms with Crippen LogP contribution in [0.15, 0.2) is 18.2 Å². The number of hydrogen-bond donors (Lipinski definition) is 2. The smallest absolute Gasteiger partial charge is 0.402 e. The number of halogens is 2. The first-order valence-electron chi connectivity index (χ1n) is 12.1. The molecular formula is C25H39BCl2N2O5. The summed E-state index contributed by atoms with van der Waals surface area (Å²) in [5.74, 6) is -0.948. The average molecular weight is 529 g/mol. The van der Waals surface area contributed by atoms with Crippen molar-refractivity contribution in [2.75, 3.05) is 13.2 Å². The van der Waals surface area contributed by atoms with Crippen LogP contribution in [0, 0.1) is 5.92 Å². The van der Waals surface area contributed by atoms with Gasteiger partial charge in [-0.15, -0.1) is 0 Å². The maximum atomic E-state index is 12.8. The molecule has 0 aromatic heterocycles. The minimum Gasteiger partial charge on any atom is -0.402 e. The van der Waals surface area contributed by atoms with Gasteiger partial charge < -0.3 is 24.7 Å². The zero-order valence-electron chi connectivity index (χ0n) is 22.1. The van der Waals surface area contributed by atoms with Gasteiger partial charge in [-0.1, -0.05) is 37.0 Å². The van der Waals surface area contributed by atoms with Crippen molar-refractivity contribution in [2.45, 2.75) is 91.0 Å². The Labute approximate surface area is 220 Å². The lowest BCUT2D eigenvalue weighted by atomic mass is 9.74. The van der Waals surface area contributed by atoms with Gasteiger partial charge in [-0.2, -0.15) is 0 Å². The standard InChI is InChI=1S/C25H39BCl2N2O5/c1-9-33-23(4,5)15-25(8)24(6,7)34-26(35-25)20(12-16(2)3)30-21(31)14-29-22(32)18-13-17(27)10-11-19(18)28/h10-11,13,16,20H,9,12,14-15H2,1-8H3,(H,29,32)(H,30,31)/t20-,25?/m0/s1. The number of ether oxygens (including phenoxy) is 1. The highest BCUT2D eigenvalue weighted by Gasteiger charge is 2.58. The Hall–Kier alpha value is -1.32. The molecule has 2 atom stereocenters. The summed E-state index contributed by atoms with van der Waals surface area (Å²) in [7, 11) is -0.642. The van der Waals surface area contributed by atoms with Crippen molar-refractivity contribution in [3.63, 3.8) is 0 Å². The summed E-state index contributed by atoms with van der Waals surface area (Å²) in [6.45, 7) is 16.6. The van der Waals surface area contributed by atoms with Gasteiger partial charge in [0, 0.05) is 18.1 Å². The van der Waals surface area contributed by atoms with Gasteiger partial charge in [-0.3, -0.25) is 9.59 Å². The molecule has 2 N–H and O–H groups in total. The van der Waals surface area contributed by atoms with Crippen molar-refractivity contribution in [2.24, 2.45) is 5.92 Å². The number of hydrogen-bond acceptors (Lipinski definition) is 5.